The predicted molar refractivity (Wildman–Crippen MR) is 179 cm³/mol. The Balaban J connectivity index is 1.59. The third kappa shape index (κ3) is 13.1. The lowest BCUT2D eigenvalue weighted by Gasteiger charge is -2.25. The second-order valence-electron chi connectivity index (χ2n) is 8.90. The minimum absolute atomic E-state index is 0.248. The van der Waals surface area contributed by atoms with Crippen molar-refractivity contribution in [2.45, 2.75) is 48.9 Å². The average Bonchev–Trinajstić information content (AvgIpc) is 3.65. The zero-order chi connectivity index (χ0) is 28.6. The molecular formula is C28H38O6S6. The molecule has 2 fully saturated rings. The first-order valence-corrected chi connectivity index (χ1v) is 19.7. The molecule has 0 aromatic heterocycles. The van der Waals surface area contributed by atoms with Gasteiger partial charge in [-0.3, -0.25) is 0 Å². The summed E-state index contributed by atoms with van der Waals surface area (Å²) in [5.41, 5.74) is -0.367. The van der Waals surface area contributed by atoms with Crippen molar-refractivity contribution >= 4 is 82.5 Å². The van der Waals surface area contributed by atoms with Gasteiger partial charge in [0.05, 0.1) is 0 Å². The zero-order valence-corrected chi connectivity index (χ0v) is 28.0. The molecule has 1 aromatic rings. The van der Waals surface area contributed by atoms with Crippen LogP contribution in [-0.4, -0.2) is 85.6 Å². The van der Waals surface area contributed by atoms with E-state index in [1.807, 2.05) is 78.2 Å². The maximum atomic E-state index is 12.2. The first-order chi connectivity index (χ1) is 19.5. The van der Waals surface area contributed by atoms with Crippen LogP contribution in [0, 0.1) is 0 Å². The van der Waals surface area contributed by atoms with E-state index in [9.17, 15) is 9.59 Å². The number of esters is 2. The van der Waals surface area contributed by atoms with E-state index in [0.29, 0.717) is 27.8 Å². The second kappa shape index (κ2) is 19.5. The molecule has 6 nitrogen and oxygen atoms in total. The Kier molecular flexibility index (Phi) is 16.5. The molecule has 222 valence electrons. The molecule has 2 aliphatic rings. The van der Waals surface area contributed by atoms with Gasteiger partial charge in [0.25, 0.3) is 0 Å². The number of hydrogen-bond donors (Lipinski definition) is 0. The highest BCUT2D eigenvalue weighted by molar-refractivity contribution is 8.20. The van der Waals surface area contributed by atoms with Crippen LogP contribution in [0.25, 0.3) is 0 Å². The van der Waals surface area contributed by atoms with Crippen molar-refractivity contribution in [3.05, 3.63) is 48.6 Å². The van der Waals surface area contributed by atoms with E-state index < -0.39 is 6.10 Å². The fourth-order valence-corrected chi connectivity index (χ4v) is 12.3. The molecular weight excluding hydrogens is 625 g/mol. The largest absolute Gasteiger partial charge is 0.490 e. The van der Waals surface area contributed by atoms with Crippen LogP contribution >= 0.6 is 70.6 Å². The Morgan fingerprint density at radius 3 is 2.27 bits per heavy atom. The minimum Gasteiger partial charge on any atom is -0.490 e. The summed E-state index contributed by atoms with van der Waals surface area (Å²) in [6.45, 7) is 5.69. The fraction of sp³-hybridized carbons (Fsp3) is 0.571. The van der Waals surface area contributed by atoms with Gasteiger partial charge in [-0.15, -0.1) is 58.8 Å². The topological polar surface area (TPSA) is 71.1 Å². The summed E-state index contributed by atoms with van der Waals surface area (Å²) in [4.78, 5) is 24.2. The number of carbonyl (C=O) groups is 2. The highest BCUT2D eigenvalue weighted by Gasteiger charge is 2.26. The van der Waals surface area contributed by atoms with Gasteiger partial charge in [0.15, 0.2) is 5.44 Å². The highest BCUT2D eigenvalue weighted by Crippen LogP contribution is 2.34. The molecule has 0 radical (unpaired) electrons. The molecule has 0 saturated carbocycles. The molecule has 3 rings (SSSR count). The lowest BCUT2D eigenvalue weighted by molar-refractivity contribution is -0.144. The SMILES string of the molecule is CC=CC(=O)OC(COc1cccc(OC(SCC2CSCS2)C(C)OC(=O)C=CC)c1)CSCC1CSCS1. The van der Waals surface area contributed by atoms with Gasteiger partial charge in [-0.2, -0.15) is 11.8 Å². The van der Waals surface area contributed by atoms with Gasteiger partial charge < -0.3 is 18.9 Å². The molecule has 40 heavy (non-hydrogen) atoms. The summed E-state index contributed by atoms with van der Waals surface area (Å²) in [5, 5.41) is 3.47. The Morgan fingerprint density at radius 1 is 0.975 bits per heavy atom. The quantitative estimate of drug-likeness (QED) is 0.0996. The van der Waals surface area contributed by atoms with Gasteiger partial charge in [0.2, 0.25) is 0 Å². The number of benzene rings is 1. The van der Waals surface area contributed by atoms with Crippen molar-refractivity contribution in [2.75, 3.05) is 45.5 Å². The van der Waals surface area contributed by atoms with E-state index in [2.05, 4.69) is 0 Å². The van der Waals surface area contributed by atoms with E-state index in [0.717, 1.165) is 27.4 Å². The number of allylic oxidation sites excluding steroid dienone is 2. The van der Waals surface area contributed by atoms with Crippen LogP contribution in [0.5, 0.6) is 11.5 Å². The fourth-order valence-electron chi connectivity index (χ4n) is 3.57. The van der Waals surface area contributed by atoms with E-state index >= 15 is 0 Å². The molecule has 2 aliphatic heterocycles. The van der Waals surface area contributed by atoms with Crippen molar-refractivity contribution < 1.29 is 28.5 Å². The smallest absolute Gasteiger partial charge is 0.330 e. The Bertz CT molecular complexity index is 964. The van der Waals surface area contributed by atoms with Crippen molar-refractivity contribution in [2.24, 2.45) is 0 Å². The number of hydrogen-bond acceptors (Lipinski definition) is 12. The maximum Gasteiger partial charge on any atom is 0.330 e. The monoisotopic (exact) mass is 662 g/mol. The Labute approximate surface area is 264 Å². The van der Waals surface area contributed by atoms with Gasteiger partial charge in [-0.05, 0) is 32.9 Å². The Morgan fingerprint density at radius 2 is 1.62 bits per heavy atom. The average molecular weight is 663 g/mol. The molecule has 5 unspecified atom stereocenters. The molecule has 0 spiro atoms. The summed E-state index contributed by atoms with van der Waals surface area (Å²) < 4.78 is 23.7. The van der Waals surface area contributed by atoms with E-state index in [1.54, 1.807) is 49.5 Å². The van der Waals surface area contributed by atoms with Crippen LogP contribution in [0.15, 0.2) is 48.6 Å². The summed E-state index contributed by atoms with van der Waals surface area (Å²) in [7, 11) is 0. The van der Waals surface area contributed by atoms with Crippen molar-refractivity contribution in [3.8, 4) is 11.5 Å². The molecule has 2 heterocycles. The van der Waals surface area contributed by atoms with Crippen LogP contribution in [0.3, 0.4) is 0 Å². The van der Waals surface area contributed by atoms with Gasteiger partial charge in [-0.1, -0.05) is 18.2 Å². The Hall–Kier alpha value is -0.660. The highest BCUT2D eigenvalue weighted by atomic mass is 32.2. The standard InChI is InChI=1S/C28H38O6S6/c1-4-7-26(29)32-20(3)28(38-17-25-16-37-19-40-25)34-22-10-6-9-21(11-22)31-12-23(33-27(30)8-5-2)13-35-14-24-15-36-18-39-24/h4-11,20,23-25,28H,12-19H2,1-3H3. The summed E-state index contributed by atoms with van der Waals surface area (Å²) in [5.74, 6) is 5.44. The summed E-state index contributed by atoms with van der Waals surface area (Å²) in [6.07, 6.45) is 5.38. The predicted octanol–water partition coefficient (Wildman–Crippen LogP) is 6.84. The molecule has 0 bridgehead atoms. The number of thioether (sulfide) groups is 6. The zero-order valence-electron chi connectivity index (χ0n) is 23.1. The number of rotatable bonds is 17. The molecule has 0 amide bonds. The van der Waals surface area contributed by atoms with E-state index in [1.165, 1.54) is 17.9 Å². The molecule has 1 aromatic carbocycles. The first-order valence-electron chi connectivity index (χ1n) is 13.1. The van der Waals surface area contributed by atoms with Gasteiger partial charge in [0.1, 0.15) is 30.3 Å². The molecule has 5 atom stereocenters. The van der Waals surface area contributed by atoms with Gasteiger partial charge in [0, 0.05) is 67.7 Å². The third-order valence-corrected chi connectivity index (χ3v) is 14.3. The molecule has 2 saturated heterocycles. The molecule has 12 heteroatoms. The van der Waals surface area contributed by atoms with E-state index in [-0.39, 0.29) is 30.1 Å². The lowest BCUT2D eigenvalue weighted by atomic mass is 10.3. The summed E-state index contributed by atoms with van der Waals surface area (Å²) in [6, 6.07) is 7.44. The summed E-state index contributed by atoms with van der Waals surface area (Å²) >= 11 is 11.3. The molecule has 0 N–H and O–H groups in total. The van der Waals surface area contributed by atoms with Gasteiger partial charge >= 0.3 is 11.9 Å². The van der Waals surface area contributed by atoms with Crippen LogP contribution in [0.1, 0.15) is 20.8 Å². The van der Waals surface area contributed by atoms with Crippen molar-refractivity contribution in [1.82, 2.24) is 0 Å². The maximum absolute atomic E-state index is 12.2. The first kappa shape index (κ1) is 33.8. The van der Waals surface area contributed by atoms with Crippen molar-refractivity contribution in [3.63, 3.8) is 0 Å². The van der Waals surface area contributed by atoms with Crippen molar-refractivity contribution in [1.29, 1.82) is 0 Å². The van der Waals surface area contributed by atoms with E-state index in [4.69, 9.17) is 18.9 Å². The second-order valence-corrected chi connectivity index (χ2v) is 16.5. The van der Waals surface area contributed by atoms with Gasteiger partial charge in [-0.25, -0.2) is 9.59 Å². The van der Waals surface area contributed by atoms with Crippen LogP contribution in [0.2, 0.25) is 0 Å². The third-order valence-electron chi connectivity index (χ3n) is 5.50. The van der Waals surface area contributed by atoms with Crippen LogP contribution < -0.4 is 9.47 Å². The number of carbonyl (C=O) groups excluding carboxylic acids is 2. The van der Waals surface area contributed by atoms with Crippen LogP contribution in [-0.2, 0) is 19.1 Å². The van der Waals surface area contributed by atoms with Crippen LogP contribution in [0.4, 0.5) is 0 Å². The number of ether oxygens (including phenoxy) is 4. The minimum atomic E-state index is -0.443. The molecule has 0 aliphatic carbocycles. The lowest BCUT2D eigenvalue weighted by Crippen LogP contribution is -2.32. The normalized spacial score (nSPS) is 21.4.